The van der Waals surface area contributed by atoms with Gasteiger partial charge in [0, 0.05) is 5.92 Å². The molecule has 0 fully saturated rings. The molecule has 3 aromatic carbocycles. The number of aliphatic carboxylic acids is 1. The molecule has 0 saturated carbocycles. The van der Waals surface area contributed by atoms with E-state index >= 15 is 0 Å². The summed E-state index contributed by atoms with van der Waals surface area (Å²) < 4.78 is 11.1. The summed E-state index contributed by atoms with van der Waals surface area (Å²) in [5.74, 6) is -1.28. The number of nitrogens with one attached hydrogen (secondary N) is 1. The average molecular weight is 431 g/mol. The summed E-state index contributed by atoms with van der Waals surface area (Å²) in [6.07, 6.45) is -1.53. The Balaban J connectivity index is 1.37. The molecule has 0 saturated heterocycles. The molecule has 2 atom stereocenters. The first-order valence-electron chi connectivity index (χ1n) is 10.5. The molecule has 0 heterocycles. The van der Waals surface area contributed by atoms with Crippen LogP contribution in [0.25, 0.3) is 11.1 Å². The van der Waals surface area contributed by atoms with Gasteiger partial charge in [-0.15, -0.1) is 0 Å². The zero-order valence-electron chi connectivity index (χ0n) is 17.7. The van der Waals surface area contributed by atoms with Crippen molar-refractivity contribution < 1.29 is 24.2 Å². The number of hydrogen-bond donors (Lipinski definition) is 2. The molecule has 6 nitrogen and oxygen atoms in total. The Morgan fingerprint density at radius 2 is 1.47 bits per heavy atom. The fourth-order valence-electron chi connectivity index (χ4n) is 4.05. The minimum absolute atomic E-state index is 0.0943. The summed E-state index contributed by atoms with van der Waals surface area (Å²) >= 11 is 0. The highest BCUT2D eigenvalue weighted by Crippen LogP contribution is 2.44. The average Bonchev–Trinajstić information content (AvgIpc) is 3.14. The summed E-state index contributed by atoms with van der Waals surface area (Å²) in [6.45, 7) is 1.98. The van der Waals surface area contributed by atoms with Gasteiger partial charge in [0.25, 0.3) is 0 Å². The fourth-order valence-corrected chi connectivity index (χ4v) is 4.05. The van der Waals surface area contributed by atoms with Crippen LogP contribution in [0.1, 0.15) is 29.5 Å². The van der Waals surface area contributed by atoms with E-state index in [0.717, 1.165) is 27.8 Å². The quantitative estimate of drug-likeness (QED) is 0.545. The highest BCUT2D eigenvalue weighted by molar-refractivity contribution is 5.81. The summed E-state index contributed by atoms with van der Waals surface area (Å²) in [7, 11) is 0. The molecular weight excluding hydrogens is 406 g/mol. The maximum absolute atomic E-state index is 12.5. The predicted molar refractivity (Wildman–Crippen MR) is 120 cm³/mol. The molecule has 1 aliphatic carbocycles. The number of carboxylic acids is 1. The lowest BCUT2D eigenvalue weighted by Crippen LogP contribution is -2.48. The third-order valence-corrected chi connectivity index (χ3v) is 5.71. The molecule has 1 amide bonds. The van der Waals surface area contributed by atoms with E-state index in [2.05, 4.69) is 17.4 Å². The van der Waals surface area contributed by atoms with Crippen molar-refractivity contribution in [2.45, 2.75) is 31.6 Å². The van der Waals surface area contributed by atoms with Gasteiger partial charge >= 0.3 is 12.1 Å². The van der Waals surface area contributed by atoms with E-state index in [1.54, 1.807) is 6.92 Å². The molecule has 0 radical (unpaired) electrons. The number of fused-ring (bicyclic) bond motifs is 3. The number of amides is 1. The minimum atomic E-state index is -1.23. The Kier molecular flexibility index (Phi) is 6.52. The highest BCUT2D eigenvalue weighted by atomic mass is 16.6. The van der Waals surface area contributed by atoms with Crippen molar-refractivity contribution in [1.29, 1.82) is 0 Å². The molecule has 0 bridgehead atoms. The van der Waals surface area contributed by atoms with Crippen molar-refractivity contribution in [2.24, 2.45) is 0 Å². The molecule has 6 heteroatoms. The van der Waals surface area contributed by atoms with Crippen LogP contribution in [0.3, 0.4) is 0 Å². The molecule has 3 aromatic rings. The van der Waals surface area contributed by atoms with Crippen molar-refractivity contribution in [2.75, 3.05) is 6.61 Å². The smallest absolute Gasteiger partial charge is 0.407 e. The number of carbonyl (C=O) groups is 2. The van der Waals surface area contributed by atoms with Crippen molar-refractivity contribution in [1.82, 2.24) is 5.32 Å². The van der Waals surface area contributed by atoms with E-state index in [0.29, 0.717) is 0 Å². The van der Waals surface area contributed by atoms with E-state index in [4.69, 9.17) is 9.47 Å². The van der Waals surface area contributed by atoms with Gasteiger partial charge in [0.2, 0.25) is 0 Å². The second-order valence-corrected chi connectivity index (χ2v) is 7.79. The van der Waals surface area contributed by atoms with Gasteiger partial charge in [0.15, 0.2) is 6.04 Å². The Morgan fingerprint density at radius 3 is 2.06 bits per heavy atom. The van der Waals surface area contributed by atoms with Crippen LogP contribution in [0.5, 0.6) is 0 Å². The Morgan fingerprint density at radius 1 is 0.906 bits per heavy atom. The third kappa shape index (κ3) is 4.65. The Bertz CT molecular complexity index is 1050. The number of benzene rings is 3. The molecular formula is C26H25NO5. The highest BCUT2D eigenvalue weighted by Gasteiger charge is 2.31. The molecule has 0 spiro atoms. The molecule has 4 rings (SSSR count). The monoisotopic (exact) mass is 431 g/mol. The van der Waals surface area contributed by atoms with Gasteiger partial charge in [-0.05, 0) is 34.7 Å². The van der Waals surface area contributed by atoms with Crippen LogP contribution in [0.4, 0.5) is 4.79 Å². The van der Waals surface area contributed by atoms with E-state index in [-0.39, 0.29) is 19.1 Å². The van der Waals surface area contributed by atoms with E-state index in [1.807, 2.05) is 66.7 Å². The molecule has 0 aromatic heterocycles. The molecule has 0 aliphatic heterocycles. The maximum atomic E-state index is 12.5. The lowest BCUT2D eigenvalue weighted by molar-refractivity contribution is -0.143. The first-order valence-corrected chi connectivity index (χ1v) is 10.5. The van der Waals surface area contributed by atoms with Gasteiger partial charge in [-0.2, -0.15) is 0 Å². The molecule has 1 aliphatic rings. The number of rotatable bonds is 8. The summed E-state index contributed by atoms with van der Waals surface area (Å²) in [4.78, 5) is 24.2. The molecule has 164 valence electrons. The zero-order chi connectivity index (χ0) is 22.5. The first kappa shape index (κ1) is 21.6. The topological polar surface area (TPSA) is 84.9 Å². The van der Waals surface area contributed by atoms with Crippen molar-refractivity contribution >= 4 is 12.1 Å². The number of carbonyl (C=O) groups excluding carboxylic acids is 1. The number of carboxylic acid groups (broad SMARTS) is 1. The van der Waals surface area contributed by atoms with Gasteiger partial charge in [0.1, 0.15) is 6.61 Å². The van der Waals surface area contributed by atoms with Crippen LogP contribution < -0.4 is 5.32 Å². The number of alkyl carbamates (subject to hydrolysis) is 1. The second-order valence-electron chi connectivity index (χ2n) is 7.79. The van der Waals surface area contributed by atoms with Crippen LogP contribution in [-0.2, 0) is 20.9 Å². The Labute approximate surface area is 186 Å². The molecule has 32 heavy (non-hydrogen) atoms. The Hall–Kier alpha value is -3.64. The predicted octanol–water partition coefficient (Wildman–Crippen LogP) is 4.58. The standard InChI is InChI=1S/C26H25NO5/c1-17(31-15-18-9-3-2-4-10-18)24(25(28)29)27-26(30)32-16-23-21-13-7-5-11-19(21)20-12-6-8-14-22(20)23/h2-14,17,23-24H,15-16H2,1H3,(H,27,30)(H,28,29)/t17-,24+/m0/s1. The first-order chi connectivity index (χ1) is 15.5. The lowest BCUT2D eigenvalue weighted by Gasteiger charge is -2.22. The summed E-state index contributed by atoms with van der Waals surface area (Å²) in [5, 5.41) is 12.0. The number of hydrogen-bond acceptors (Lipinski definition) is 4. The van der Waals surface area contributed by atoms with Crippen LogP contribution in [-0.4, -0.2) is 35.9 Å². The lowest BCUT2D eigenvalue weighted by atomic mass is 9.98. The van der Waals surface area contributed by atoms with Crippen molar-refractivity contribution in [3.05, 3.63) is 95.6 Å². The van der Waals surface area contributed by atoms with Crippen molar-refractivity contribution in [3.8, 4) is 11.1 Å². The SMILES string of the molecule is C[C@H](OCc1ccccc1)[C@@H](NC(=O)OCC1c2ccccc2-c2ccccc21)C(=O)O. The van der Waals surface area contributed by atoms with E-state index in [9.17, 15) is 14.7 Å². The van der Waals surface area contributed by atoms with Crippen LogP contribution >= 0.6 is 0 Å². The molecule has 2 N–H and O–H groups in total. The summed E-state index contributed by atoms with van der Waals surface area (Å²) in [5.41, 5.74) is 5.36. The minimum Gasteiger partial charge on any atom is -0.480 e. The second kappa shape index (κ2) is 9.66. The number of ether oxygens (including phenoxy) is 2. The molecule has 0 unspecified atom stereocenters. The zero-order valence-corrected chi connectivity index (χ0v) is 17.7. The van der Waals surface area contributed by atoms with Gasteiger partial charge in [0.05, 0.1) is 12.7 Å². The van der Waals surface area contributed by atoms with Gasteiger partial charge in [-0.1, -0.05) is 78.9 Å². The van der Waals surface area contributed by atoms with E-state index < -0.39 is 24.2 Å². The van der Waals surface area contributed by atoms with Crippen molar-refractivity contribution in [3.63, 3.8) is 0 Å². The third-order valence-electron chi connectivity index (χ3n) is 5.71. The van der Waals surface area contributed by atoms with Gasteiger partial charge in [-0.25, -0.2) is 9.59 Å². The largest absolute Gasteiger partial charge is 0.480 e. The van der Waals surface area contributed by atoms with Crippen LogP contribution in [0.15, 0.2) is 78.9 Å². The normalized spacial score (nSPS) is 14.2. The fraction of sp³-hybridized carbons (Fsp3) is 0.231. The van der Waals surface area contributed by atoms with Crippen LogP contribution in [0.2, 0.25) is 0 Å². The van der Waals surface area contributed by atoms with Crippen LogP contribution in [0, 0.1) is 0 Å². The maximum Gasteiger partial charge on any atom is 0.407 e. The summed E-state index contributed by atoms with van der Waals surface area (Å²) in [6, 6.07) is 24.3. The van der Waals surface area contributed by atoms with Gasteiger partial charge in [-0.3, -0.25) is 0 Å². The van der Waals surface area contributed by atoms with Gasteiger partial charge < -0.3 is 19.9 Å². The van der Waals surface area contributed by atoms with E-state index in [1.165, 1.54) is 0 Å².